The minimum absolute atomic E-state index is 0.659. The predicted octanol–water partition coefficient (Wildman–Crippen LogP) is 4.74. The van der Waals surface area contributed by atoms with E-state index in [-0.39, 0.29) is 0 Å². The molecule has 4 nitrogen and oxygen atoms in total. The molecule has 0 heterocycles. The number of methoxy groups -OCH3 is 4. The average Bonchev–Trinajstić information content (AvgIpc) is 2.74. The van der Waals surface area contributed by atoms with Crippen molar-refractivity contribution in [3.63, 3.8) is 0 Å². The van der Waals surface area contributed by atoms with Crippen molar-refractivity contribution in [3.8, 4) is 23.0 Å². The molecule has 0 saturated heterocycles. The first-order valence-corrected chi connectivity index (χ1v) is 8.60. The maximum absolute atomic E-state index is 5.71. The van der Waals surface area contributed by atoms with E-state index in [2.05, 4.69) is 0 Å². The van der Waals surface area contributed by atoms with E-state index in [0.29, 0.717) is 11.5 Å². The first-order valence-electron chi connectivity index (χ1n) is 8.60. The summed E-state index contributed by atoms with van der Waals surface area (Å²) >= 11 is 0. The Balaban J connectivity index is 2.33. The first kappa shape index (κ1) is 18.6. The van der Waals surface area contributed by atoms with E-state index in [0.717, 1.165) is 34.1 Å². The van der Waals surface area contributed by atoms with E-state index >= 15 is 0 Å². The Bertz CT molecular complexity index is 857. The summed E-state index contributed by atoms with van der Waals surface area (Å²) < 4.78 is 22.5. The van der Waals surface area contributed by atoms with Crippen LogP contribution in [-0.2, 0) is 0 Å². The van der Waals surface area contributed by atoms with Gasteiger partial charge in [-0.2, -0.15) is 0 Å². The molecule has 1 radical (unpaired) electrons. The van der Waals surface area contributed by atoms with Crippen LogP contribution in [0.25, 0.3) is 0 Å². The molecule has 27 heavy (non-hydrogen) atoms. The molecule has 139 valence electrons. The third-order valence-corrected chi connectivity index (χ3v) is 4.42. The van der Waals surface area contributed by atoms with Gasteiger partial charge in [0.1, 0.15) is 11.5 Å². The van der Waals surface area contributed by atoms with Crippen LogP contribution in [0, 0.1) is 5.92 Å². The third-order valence-electron chi connectivity index (χ3n) is 4.42. The van der Waals surface area contributed by atoms with Crippen LogP contribution >= 0.6 is 0 Å². The second-order valence-electron chi connectivity index (χ2n) is 5.82. The number of hydrogen-bond donors (Lipinski definition) is 0. The Morgan fingerprint density at radius 3 is 1.41 bits per heavy atom. The first-order chi connectivity index (χ1) is 13.2. The molecule has 0 aromatic heterocycles. The lowest BCUT2D eigenvalue weighted by atomic mass is 9.83. The zero-order valence-electron chi connectivity index (χ0n) is 16.0. The summed E-state index contributed by atoms with van der Waals surface area (Å²) in [6, 6.07) is 21.6. The van der Waals surface area contributed by atoms with Gasteiger partial charge in [0.15, 0.2) is 11.5 Å². The van der Waals surface area contributed by atoms with Crippen LogP contribution in [-0.4, -0.2) is 28.4 Å². The lowest BCUT2D eigenvalue weighted by molar-refractivity contribution is 0.352. The fraction of sp³-hybridized carbons (Fsp3) is 0.174. The molecule has 0 unspecified atom stereocenters. The smallest absolute Gasteiger partial charge is 0.165 e. The molecule has 3 aromatic carbocycles. The fourth-order valence-corrected chi connectivity index (χ4v) is 3.22. The van der Waals surface area contributed by atoms with Gasteiger partial charge in [-0.25, -0.2) is 0 Å². The molecule has 0 fully saturated rings. The van der Waals surface area contributed by atoms with Crippen LogP contribution in [0.2, 0.25) is 0 Å². The summed E-state index contributed by atoms with van der Waals surface area (Å²) in [6.07, 6.45) is 0. The zero-order valence-corrected chi connectivity index (χ0v) is 16.0. The highest BCUT2D eigenvalue weighted by Gasteiger charge is 2.28. The van der Waals surface area contributed by atoms with Crippen molar-refractivity contribution in [2.45, 2.75) is 0 Å². The Labute approximate surface area is 160 Å². The largest absolute Gasteiger partial charge is 0.496 e. The predicted molar refractivity (Wildman–Crippen MR) is 106 cm³/mol. The SMILES string of the molecule is COc1ccccc1[C](c1ccccc1OC)c1cccc(OC)c1OC. The lowest BCUT2D eigenvalue weighted by Gasteiger charge is -2.24. The van der Waals surface area contributed by atoms with E-state index in [1.54, 1.807) is 28.4 Å². The van der Waals surface area contributed by atoms with Gasteiger partial charge in [-0.1, -0.05) is 48.5 Å². The minimum Gasteiger partial charge on any atom is -0.496 e. The highest BCUT2D eigenvalue weighted by molar-refractivity contribution is 5.69. The van der Waals surface area contributed by atoms with E-state index in [1.165, 1.54) is 0 Å². The molecule has 0 atom stereocenters. The van der Waals surface area contributed by atoms with Crippen LogP contribution in [0.3, 0.4) is 0 Å². The van der Waals surface area contributed by atoms with Crippen molar-refractivity contribution < 1.29 is 18.9 Å². The topological polar surface area (TPSA) is 36.9 Å². The molecule has 3 rings (SSSR count). The lowest BCUT2D eigenvalue weighted by Crippen LogP contribution is -2.10. The number of ether oxygens (including phenoxy) is 4. The van der Waals surface area contributed by atoms with Gasteiger partial charge in [-0.05, 0) is 18.2 Å². The van der Waals surface area contributed by atoms with Gasteiger partial charge in [0.05, 0.1) is 34.4 Å². The molecule has 0 spiro atoms. The average molecular weight is 363 g/mol. The Morgan fingerprint density at radius 2 is 0.926 bits per heavy atom. The molecule has 0 aliphatic rings. The summed E-state index contributed by atoms with van der Waals surface area (Å²) in [5, 5.41) is 0. The third kappa shape index (κ3) is 3.56. The molecular formula is C23H23O4. The number of para-hydroxylation sites is 3. The number of hydrogen-bond acceptors (Lipinski definition) is 4. The Morgan fingerprint density at radius 1 is 0.481 bits per heavy atom. The molecular weight excluding hydrogens is 340 g/mol. The minimum atomic E-state index is 0.659. The summed E-state index contributed by atoms with van der Waals surface area (Å²) in [7, 11) is 6.61. The molecule has 0 aliphatic heterocycles. The molecule has 0 saturated carbocycles. The molecule has 4 heteroatoms. The van der Waals surface area contributed by atoms with Crippen molar-refractivity contribution in [1.82, 2.24) is 0 Å². The van der Waals surface area contributed by atoms with E-state index in [4.69, 9.17) is 18.9 Å². The van der Waals surface area contributed by atoms with Gasteiger partial charge < -0.3 is 18.9 Å². The standard InChI is InChI=1S/C23H23O4/c1-24-19-13-7-5-10-16(19)22(17-11-6-8-14-20(17)25-2)18-12-9-15-21(26-3)23(18)27-4/h5-15H,1-4H3. The summed E-state index contributed by atoms with van der Waals surface area (Å²) in [6.45, 7) is 0. The van der Waals surface area contributed by atoms with Gasteiger partial charge >= 0.3 is 0 Å². The normalized spacial score (nSPS) is 10.6. The second kappa shape index (κ2) is 8.49. The van der Waals surface area contributed by atoms with Gasteiger partial charge in [0, 0.05) is 16.7 Å². The number of benzene rings is 3. The summed E-state index contributed by atoms with van der Waals surface area (Å²) in [5.74, 6) is 3.80. The second-order valence-corrected chi connectivity index (χ2v) is 5.82. The van der Waals surface area contributed by atoms with Gasteiger partial charge in [0.2, 0.25) is 0 Å². The van der Waals surface area contributed by atoms with Crippen LogP contribution < -0.4 is 18.9 Å². The van der Waals surface area contributed by atoms with E-state index < -0.39 is 0 Å². The monoisotopic (exact) mass is 363 g/mol. The van der Waals surface area contributed by atoms with Crippen LogP contribution in [0.15, 0.2) is 66.7 Å². The Kier molecular flexibility index (Phi) is 5.87. The molecule has 0 bridgehead atoms. The van der Waals surface area contributed by atoms with Crippen molar-refractivity contribution in [2.24, 2.45) is 0 Å². The molecule has 0 N–H and O–H groups in total. The van der Waals surface area contributed by atoms with Crippen LogP contribution in [0.1, 0.15) is 16.7 Å². The highest BCUT2D eigenvalue weighted by atomic mass is 16.5. The van der Waals surface area contributed by atoms with Gasteiger partial charge in [-0.15, -0.1) is 0 Å². The molecule has 3 aromatic rings. The Hall–Kier alpha value is -3.14. The van der Waals surface area contributed by atoms with E-state index in [9.17, 15) is 0 Å². The van der Waals surface area contributed by atoms with Gasteiger partial charge in [-0.3, -0.25) is 0 Å². The fourth-order valence-electron chi connectivity index (χ4n) is 3.22. The van der Waals surface area contributed by atoms with Gasteiger partial charge in [0.25, 0.3) is 0 Å². The van der Waals surface area contributed by atoms with Crippen LogP contribution in [0.5, 0.6) is 23.0 Å². The van der Waals surface area contributed by atoms with Crippen molar-refractivity contribution in [2.75, 3.05) is 28.4 Å². The maximum atomic E-state index is 5.71. The van der Waals surface area contributed by atoms with Crippen molar-refractivity contribution in [1.29, 1.82) is 0 Å². The highest BCUT2D eigenvalue weighted by Crippen LogP contribution is 2.45. The number of rotatable bonds is 7. The summed E-state index contributed by atoms with van der Waals surface area (Å²) in [5.41, 5.74) is 2.78. The van der Waals surface area contributed by atoms with Crippen LogP contribution in [0.4, 0.5) is 0 Å². The summed E-state index contributed by atoms with van der Waals surface area (Å²) in [4.78, 5) is 0. The molecule has 0 aliphatic carbocycles. The van der Waals surface area contributed by atoms with Crippen molar-refractivity contribution >= 4 is 0 Å². The maximum Gasteiger partial charge on any atom is 0.165 e. The zero-order chi connectivity index (χ0) is 19.2. The van der Waals surface area contributed by atoms with E-state index in [1.807, 2.05) is 66.7 Å². The molecule has 0 amide bonds. The quantitative estimate of drug-likeness (QED) is 0.568. The van der Waals surface area contributed by atoms with Crippen molar-refractivity contribution in [3.05, 3.63) is 89.3 Å².